The third-order valence-electron chi connectivity index (χ3n) is 2.87. The van der Waals surface area contributed by atoms with Gasteiger partial charge in [-0.25, -0.2) is 0 Å². The summed E-state index contributed by atoms with van der Waals surface area (Å²) >= 11 is 0. The lowest BCUT2D eigenvalue weighted by molar-refractivity contribution is -0.142. The molecule has 0 aromatic heterocycles. The average molecular weight is 200 g/mol. The van der Waals surface area contributed by atoms with Crippen LogP contribution in [0.15, 0.2) is 0 Å². The van der Waals surface area contributed by atoms with Gasteiger partial charge in [-0.1, -0.05) is 6.92 Å². The first-order valence-corrected chi connectivity index (χ1v) is 5.23. The van der Waals surface area contributed by atoms with Crippen LogP contribution in [0, 0.1) is 0 Å². The number of esters is 1. The highest BCUT2D eigenvalue weighted by atomic mass is 16.5. The summed E-state index contributed by atoms with van der Waals surface area (Å²) in [5.41, 5.74) is 5.82. The minimum Gasteiger partial charge on any atom is -0.469 e. The quantitative estimate of drug-likeness (QED) is 0.666. The molecule has 1 saturated heterocycles. The zero-order valence-electron chi connectivity index (χ0n) is 9.03. The van der Waals surface area contributed by atoms with Crippen LogP contribution in [0.4, 0.5) is 0 Å². The molecule has 1 heterocycles. The Bertz CT molecular complexity index is 197. The monoisotopic (exact) mass is 200 g/mol. The fourth-order valence-electron chi connectivity index (χ4n) is 1.95. The highest BCUT2D eigenvalue weighted by molar-refractivity contribution is 5.69. The predicted molar refractivity (Wildman–Crippen MR) is 54.9 cm³/mol. The summed E-state index contributed by atoms with van der Waals surface area (Å²) in [5.74, 6) is -0.127. The van der Waals surface area contributed by atoms with Gasteiger partial charge >= 0.3 is 5.97 Å². The first-order chi connectivity index (χ1) is 6.67. The van der Waals surface area contributed by atoms with E-state index in [1.54, 1.807) is 0 Å². The normalized spacial score (nSPS) is 24.9. The van der Waals surface area contributed by atoms with Crippen LogP contribution in [0.5, 0.6) is 0 Å². The number of carbonyl (C=O) groups excluding carboxylic acids is 1. The van der Waals surface area contributed by atoms with E-state index >= 15 is 0 Å². The van der Waals surface area contributed by atoms with Gasteiger partial charge in [-0.15, -0.1) is 0 Å². The summed E-state index contributed by atoms with van der Waals surface area (Å²) < 4.78 is 4.67. The molecule has 14 heavy (non-hydrogen) atoms. The summed E-state index contributed by atoms with van der Waals surface area (Å²) in [6.45, 7) is 4.02. The topological polar surface area (TPSA) is 55.6 Å². The number of likely N-dealkylation sites (tertiary alicyclic amines) is 1. The predicted octanol–water partition coefficient (Wildman–Crippen LogP) is 0.361. The van der Waals surface area contributed by atoms with Gasteiger partial charge in [-0.3, -0.25) is 9.69 Å². The molecule has 0 bridgehead atoms. The lowest BCUT2D eigenvalue weighted by atomic mass is 10.1. The van der Waals surface area contributed by atoms with Crippen molar-refractivity contribution in [2.24, 2.45) is 5.73 Å². The molecule has 4 heteroatoms. The van der Waals surface area contributed by atoms with Gasteiger partial charge in [0.2, 0.25) is 0 Å². The van der Waals surface area contributed by atoms with E-state index in [0.29, 0.717) is 12.5 Å². The van der Waals surface area contributed by atoms with E-state index in [-0.39, 0.29) is 12.0 Å². The fraction of sp³-hybridized carbons (Fsp3) is 0.900. The van der Waals surface area contributed by atoms with E-state index < -0.39 is 0 Å². The molecule has 0 amide bonds. The van der Waals surface area contributed by atoms with Crippen molar-refractivity contribution < 1.29 is 9.53 Å². The zero-order valence-corrected chi connectivity index (χ0v) is 9.03. The number of methoxy groups -OCH3 is 1. The van der Waals surface area contributed by atoms with E-state index in [0.717, 1.165) is 25.9 Å². The van der Waals surface area contributed by atoms with E-state index in [4.69, 9.17) is 5.73 Å². The van der Waals surface area contributed by atoms with Gasteiger partial charge < -0.3 is 10.5 Å². The second-order valence-corrected chi connectivity index (χ2v) is 3.89. The van der Waals surface area contributed by atoms with Crippen LogP contribution >= 0.6 is 0 Å². The number of rotatable bonds is 4. The van der Waals surface area contributed by atoms with Crippen LogP contribution in [-0.2, 0) is 9.53 Å². The van der Waals surface area contributed by atoms with Gasteiger partial charge in [0.1, 0.15) is 0 Å². The SMILES string of the molecule is CCC(CC(=O)OC)N1CCC(N)C1. The van der Waals surface area contributed by atoms with Crippen molar-refractivity contribution in [2.45, 2.75) is 38.3 Å². The minimum absolute atomic E-state index is 0.127. The van der Waals surface area contributed by atoms with Crippen LogP contribution in [-0.4, -0.2) is 43.2 Å². The molecule has 4 nitrogen and oxygen atoms in total. The number of hydrogen-bond donors (Lipinski definition) is 1. The molecule has 0 spiro atoms. The molecule has 0 radical (unpaired) electrons. The Kier molecular flexibility index (Phi) is 4.35. The van der Waals surface area contributed by atoms with Crippen LogP contribution in [0.25, 0.3) is 0 Å². The number of nitrogens with two attached hydrogens (primary N) is 1. The fourth-order valence-corrected chi connectivity index (χ4v) is 1.95. The van der Waals surface area contributed by atoms with Gasteiger partial charge in [0.15, 0.2) is 0 Å². The second kappa shape index (κ2) is 5.32. The molecule has 0 aromatic carbocycles. The molecule has 0 aliphatic carbocycles. The second-order valence-electron chi connectivity index (χ2n) is 3.89. The Balaban J connectivity index is 2.41. The first-order valence-electron chi connectivity index (χ1n) is 5.23. The Morgan fingerprint density at radius 3 is 2.86 bits per heavy atom. The summed E-state index contributed by atoms with van der Waals surface area (Å²) in [6.07, 6.45) is 2.50. The third kappa shape index (κ3) is 2.96. The molecule has 1 rings (SSSR count). The molecule has 1 aliphatic rings. The van der Waals surface area contributed by atoms with Crippen LogP contribution in [0.3, 0.4) is 0 Å². The maximum Gasteiger partial charge on any atom is 0.307 e. The first kappa shape index (κ1) is 11.5. The molecule has 2 atom stereocenters. The van der Waals surface area contributed by atoms with Crippen molar-refractivity contribution in [1.82, 2.24) is 4.90 Å². The summed E-state index contributed by atoms with van der Waals surface area (Å²) in [4.78, 5) is 13.4. The maximum atomic E-state index is 11.1. The molecule has 1 aliphatic heterocycles. The van der Waals surface area contributed by atoms with Crippen molar-refractivity contribution in [1.29, 1.82) is 0 Å². The van der Waals surface area contributed by atoms with E-state index in [1.807, 2.05) is 0 Å². The van der Waals surface area contributed by atoms with Crippen molar-refractivity contribution in [2.75, 3.05) is 20.2 Å². The zero-order chi connectivity index (χ0) is 10.6. The summed E-state index contributed by atoms with van der Waals surface area (Å²) in [6, 6.07) is 0.581. The number of ether oxygens (including phenoxy) is 1. The Labute approximate surface area is 85.4 Å². The van der Waals surface area contributed by atoms with Gasteiger partial charge in [0, 0.05) is 25.2 Å². The van der Waals surface area contributed by atoms with E-state index in [9.17, 15) is 4.79 Å². The van der Waals surface area contributed by atoms with Crippen LogP contribution in [0.2, 0.25) is 0 Å². The molecular weight excluding hydrogens is 180 g/mol. The van der Waals surface area contributed by atoms with Gasteiger partial charge in [0.25, 0.3) is 0 Å². The van der Waals surface area contributed by atoms with E-state index in [2.05, 4.69) is 16.6 Å². The maximum absolute atomic E-state index is 11.1. The van der Waals surface area contributed by atoms with Crippen LogP contribution < -0.4 is 5.73 Å². The Morgan fingerprint density at radius 1 is 1.71 bits per heavy atom. The molecule has 1 fully saturated rings. The smallest absolute Gasteiger partial charge is 0.307 e. The highest BCUT2D eigenvalue weighted by Crippen LogP contribution is 2.16. The largest absolute Gasteiger partial charge is 0.469 e. The van der Waals surface area contributed by atoms with E-state index in [1.165, 1.54) is 7.11 Å². The summed E-state index contributed by atoms with van der Waals surface area (Å²) in [5, 5.41) is 0. The molecule has 0 aromatic rings. The molecule has 82 valence electrons. The van der Waals surface area contributed by atoms with Crippen LogP contribution in [0.1, 0.15) is 26.2 Å². The van der Waals surface area contributed by atoms with Gasteiger partial charge in [-0.2, -0.15) is 0 Å². The number of carbonyl (C=O) groups is 1. The average Bonchev–Trinajstić information content (AvgIpc) is 2.60. The highest BCUT2D eigenvalue weighted by Gasteiger charge is 2.26. The van der Waals surface area contributed by atoms with Gasteiger partial charge in [0.05, 0.1) is 13.5 Å². The third-order valence-corrected chi connectivity index (χ3v) is 2.87. The standard InChI is InChI=1S/C10H20N2O2/c1-3-9(6-10(13)14-2)12-5-4-8(11)7-12/h8-9H,3-7,11H2,1-2H3. The lowest BCUT2D eigenvalue weighted by Crippen LogP contribution is -2.36. The molecule has 0 saturated carbocycles. The summed E-state index contributed by atoms with van der Waals surface area (Å²) in [7, 11) is 1.44. The molecule has 2 unspecified atom stereocenters. The number of nitrogens with zero attached hydrogens (tertiary/aromatic N) is 1. The Morgan fingerprint density at radius 2 is 2.43 bits per heavy atom. The van der Waals surface area contributed by atoms with Gasteiger partial charge in [-0.05, 0) is 12.8 Å². The van der Waals surface area contributed by atoms with Crippen molar-refractivity contribution >= 4 is 5.97 Å². The number of hydrogen-bond acceptors (Lipinski definition) is 4. The minimum atomic E-state index is -0.127. The lowest BCUT2D eigenvalue weighted by Gasteiger charge is -2.25. The Hall–Kier alpha value is -0.610. The van der Waals surface area contributed by atoms with Crippen molar-refractivity contribution in [3.63, 3.8) is 0 Å². The molecular formula is C10H20N2O2. The van der Waals surface area contributed by atoms with Crippen molar-refractivity contribution in [3.8, 4) is 0 Å². The van der Waals surface area contributed by atoms with Crippen molar-refractivity contribution in [3.05, 3.63) is 0 Å². The molecule has 2 N–H and O–H groups in total.